The van der Waals surface area contributed by atoms with Gasteiger partial charge in [-0.2, -0.15) is 5.26 Å². The molecule has 6 nitrogen and oxygen atoms in total. The van der Waals surface area contributed by atoms with Gasteiger partial charge in [0.1, 0.15) is 6.54 Å². The number of nitriles is 1. The number of carbonyl (C=O) groups is 1. The predicted molar refractivity (Wildman–Crippen MR) is 68.3 cm³/mol. The van der Waals surface area contributed by atoms with Crippen LogP contribution in [-0.2, 0) is 11.3 Å². The number of hydrogen-bond acceptors (Lipinski definition) is 4. The maximum Gasteiger partial charge on any atom is 0.347 e. The van der Waals surface area contributed by atoms with Crippen molar-refractivity contribution in [2.45, 2.75) is 6.54 Å². The Bertz CT molecular complexity index is 683. The van der Waals surface area contributed by atoms with Crippen LogP contribution in [0.2, 0.25) is 0 Å². The van der Waals surface area contributed by atoms with Gasteiger partial charge in [-0.15, -0.1) is 0 Å². The van der Waals surface area contributed by atoms with Crippen molar-refractivity contribution in [2.75, 3.05) is 5.32 Å². The van der Waals surface area contributed by atoms with E-state index in [1.165, 1.54) is 17.0 Å². The van der Waals surface area contributed by atoms with E-state index in [4.69, 9.17) is 5.26 Å². The Balaban J connectivity index is 2.04. The van der Waals surface area contributed by atoms with Crippen molar-refractivity contribution in [2.24, 2.45) is 0 Å². The summed E-state index contributed by atoms with van der Waals surface area (Å²) in [5.41, 5.74) is 0.611. The minimum absolute atomic E-state index is 0.104. The summed E-state index contributed by atoms with van der Waals surface area (Å²) in [6.07, 6.45) is 2.87. The third kappa shape index (κ3) is 3.26. The SMILES string of the molecule is N#Cc1ccc(NC(=O)Cn2cccnc2=O)cc1. The molecule has 1 amide bonds. The summed E-state index contributed by atoms with van der Waals surface area (Å²) in [6.45, 7) is -0.104. The van der Waals surface area contributed by atoms with E-state index < -0.39 is 5.69 Å². The summed E-state index contributed by atoms with van der Waals surface area (Å²) in [4.78, 5) is 26.6. The lowest BCUT2D eigenvalue weighted by Crippen LogP contribution is -2.28. The number of nitrogens with zero attached hydrogens (tertiary/aromatic N) is 3. The summed E-state index contributed by atoms with van der Waals surface area (Å²) in [5.74, 6) is -0.334. The van der Waals surface area contributed by atoms with Crippen LogP contribution in [0.4, 0.5) is 5.69 Å². The molecule has 6 heteroatoms. The fraction of sp³-hybridized carbons (Fsp3) is 0.0769. The van der Waals surface area contributed by atoms with Crippen molar-refractivity contribution in [3.8, 4) is 6.07 Å². The topological polar surface area (TPSA) is 87.8 Å². The highest BCUT2D eigenvalue weighted by molar-refractivity contribution is 5.90. The third-order valence-electron chi connectivity index (χ3n) is 2.39. The Kier molecular flexibility index (Phi) is 3.69. The standard InChI is InChI=1S/C13H10N4O2/c14-8-10-2-4-11(5-3-10)16-12(18)9-17-7-1-6-15-13(17)19/h1-7H,9H2,(H,16,18). The zero-order chi connectivity index (χ0) is 13.7. The second-order valence-electron chi connectivity index (χ2n) is 3.77. The molecule has 1 aromatic carbocycles. The fourth-order valence-electron chi connectivity index (χ4n) is 1.49. The van der Waals surface area contributed by atoms with Crippen molar-refractivity contribution in [3.63, 3.8) is 0 Å². The molecular weight excluding hydrogens is 244 g/mol. The van der Waals surface area contributed by atoms with Gasteiger partial charge in [-0.1, -0.05) is 0 Å². The molecule has 0 bridgehead atoms. The highest BCUT2D eigenvalue weighted by Gasteiger charge is 2.05. The molecule has 94 valence electrons. The van der Waals surface area contributed by atoms with Gasteiger partial charge < -0.3 is 5.32 Å². The quantitative estimate of drug-likeness (QED) is 0.875. The first-order chi connectivity index (χ1) is 9.19. The number of rotatable bonds is 3. The zero-order valence-electron chi connectivity index (χ0n) is 9.91. The van der Waals surface area contributed by atoms with Gasteiger partial charge in [0.2, 0.25) is 5.91 Å². The first-order valence-electron chi connectivity index (χ1n) is 5.50. The molecule has 0 spiro atoms. The van der Waals surface area contributed by atoms with Crippen LogP contribution >= 0.6 is 0 Å². The minimum atomic E-state index is -0.475. The molecule has 0 unspecified atom stereocenters. The number of aromatic nitrogens is 2. The normalized spacial score (nSPS) is 9.63. The Morgan fingerprint density at radius 1 is 1.37 bits per heavy atom. The van der Waals surface area contributed by atoms with Crippen LogP contribution in [0, 0.1) is 11.3 Å². The maximum atomic E-state index is 11.7. The minimum Gasteiger partial charge on any atom is -0.325 e. The molecule has 2 aromatic rings. The first kappa shape index (κ1) is 12.5. The van der Waals surface area contributed by atoms with Gasteiger partial charge in [-0.3, -0.25) is 9.36 Å². The van der Waals surface area contributed by atoms with Gasteiger partial charge in [-0.25, -0.2) is 9.78 Å². The van der Waals surface area contributed by atoms with Crippen LogP contribution < -0.4 is 11.0 Å². The molecule has 0 aliphatic heterocycles. The van der Waals surface area contributed by atoms with E-state index in [2.05, 4.69) is 10.3 Å². The van der Waals surface area contributed by atoms with E-state index in [-0.39, 0.29) is 12.5 Å². The number of anilines is 1. The van der Waals surface area contributed by atoms with Crippen LogP contribution in [-0.4, -0.2) is 15.5 Å². The average Bonchev–Trinajstić information content (AvgIpc) is 2.42. The van der Waals surface area contributed by atoms with Crippen LogP contribution in [0.15, 0.2) is 47.5 Å². The van der Waals surface area contributed by atoms with Gasteiger partial charge >= 0.3 is 5.69 Å². The van der Waals surface area contributed by atoms with Crippen molar-refractivity contribution in [1.82, 2.24) is 9.55 Å². The number of amides is 1. The highest BCUT2D eigenvalue weighted by Crippen LogP contribution is 2.08. The van der Waals surface area contributed by atoms with Gasteiger partial charge in [0, 0.05) is 18.1 Å². The Hall–Kier alpha value is -2.94. The zero-order valence-corrected chi connectivity index (χ0v) is 9.91. The molecule has 0 atom stereocenters. The molecule has 1 aromatic heterocycles. The smallest absolute Gasteiger partial charge is 0.325 e. The van der Waals surface area contributed by atoms with E-state index in [9.17, 15) is 9.59 Å². The Labute approximate surface area is 108 Å². The van der Waals surface area contributed by atoms with E-state index in [0.29, 0.717) is 11.3 Å². The van der Waals surface area contributed by atoms with Crippen LogP contribution in [0.1, 0.15) is 5.56 Å². The van der Waals surface area contributed by atoms with E-state index in [1.54, 1.807) is 30.3 Å². The number of carbonyl (C=O) groups excluding carboxylic acids is 1. The van der Waals surface area contributed by atoms with Crippen molar-refractivity contribution >= 4 is 11.6 Å². The molecule has 0 fully saturated rings. The summed E-state index contributed by atoms with van der Waals surface area (Å²) in [6, 6.07) is 10.0. The summed E-state index contributed by atoms with van der Waals surface area (Å²) in [5, 5.41) is 11.3. The number of nitrogens with one attached hydrogen (secondary N) is 1. The third-order valence-corrected chi connectivity index (χ3v) is 2.39. The molecule has 2 rings (SSSR count). The van der Waals surface area contributed by atoms with Gasteiger partial charge in [0.15, 0.2) is 0 Å². The highest BCUT2D eigenvalue weighted by atomic mass is 16.2. The van der Waals surface area contributed by atoms with E-state index in [1.807, 2.05) is 6.07 Å². The molecule has 0 saturated carbocycles. The lowest BCUT2D eigenvalue weighted by Gasteiger charge is -2.06. The van der Waals surface area contributed by atoms with Crippen LogP contribution in [0.3, 0.4) is 0 Å². The molecule has 0 saturated heterocycles. The lowest BCUT2D eigenvalue weighted by atomic mass is 10.2. The molecular formula is C13H10N4O2. The van der Waals surface area contributed by atoms with Crippen molar-refractivity contribution in [1.29, 1.82) is 5.26 Å². The molecule has 1 N–H and O–H groups in total. The molecule has 0 aliphatic rings. The average molecular weight is 254 g/mol. The van der Waals surface area contributed by atoms with Crippen LogP contribution in [0.5, 0.6) is 0 Å². The molecule has 0 aliphatic carbocycles. The second kappa shape index (κ2) is 5.60. The molecule has 0 radical (unpaired) electrons. The largest absolute Gasteiger partial charge is 0.347 e. The summed E-state index contributed by atoms with van der Waals surface area (Å²) in [7, 11) is 0. The summed E-state index contributed by atoms with van der Waals surface area (Å²) >= 11 is 0. The molecule has 1 heterocycles. The van der Waals surface area contributed by atoms with Crippen molar-refractivity contribution < 1.29 is 4.79 Å². The van der Waals surface area contributed by atoms with Crippen LogP contribution in [0.25, 0.3) is 0 Å². The Morgan fingerprint density at radius 2 is 2.11 bits per heavy atom. The van der Waals surface area contributed by atoms with E-state index >= 15 is 0 Å². The fourth-order valence-corrected chi connectivity index (χ4v) is 1.49. The van der Waals surface area contributed by atoms with Crippen molar-refractivity contribution in [3.05, 3.63) is 58.8 Å². The van der Waals surface area contributed by atoms with Gasteiger partial charge in [0.25, 0.3) is 0 Å². The first-order valence-corrected chi connectivity index (χ1v) is 5.50. The number of benzene rings is 1. The maximum absolute atomic E-state index is 11.7. The second-order valence-corrected chi connectivity index (χ2v) is 3.77. The van der Waals surface area contributed by atoms with Gasteiger partial charge in [-0.05, 0) is 30.3 Å². The summed E-state index contributed by atoms with van der Waals surface area (Å²) < 4.78 is 1.21. The lowest BCUT2D eigenvalue weighted by molar-refractivity contribution is -0.116. The molecule has 19 heavy (non-hydrogen) atoms. The van der Waals surface area contributed by atoms with E-state index in [0.717, 1.165) is 0 Å². The number of hydrogen-bond donors (Lipinski definition) is 1. The Morgan fingerprint density at radius 3 is 2.74 bits per heavy atom. The monoisotopic (exact) mass is 254 g/mol. The van der Waals surface area contributed by atoms with Gasteiger partial charge in [0.05, 0.1) is 11.6 Å². The predicted octanol–water partition coefficient (Wildman–Crippen LogP) is 0.754.